The van der Waals surface area contributed by atoms with Crippen molar-refractivity contribution < 1.29 is 9.53 Å². The summed E-state index contributed by atoms with van der Waals surface area (Å²) in [5, 5.41) is 10.1. The molecule has 3 heterocycles. The highest BCUT2D eigenvalue weighted by Crippen LogP contribution is 2.40. The number of rotatable bonds is 6. The topological polar surface area (TPSA) is 95.9 Å². The molecule has 2 aromatic carbocycles. The first kappa shape index (κ1) is 24.6. The van der Waals surface area contributed by atoms with Crippen LogP contribution in [0.2, 0.25) is 5.02 Å². The fourth-order valence-corrected chi connectivity index (χ4v) is 6.30. The molecule has 1 amide bonds. The summed E-state index contributed by atoms with van der Waals surface area (Å²) < 4.78 is 8.32. The van der Waals surface area contributed by atoms with E-state index < -0.39 is 5.92 Å². The average Bonchev–Trinajstić information content (AvgIpc) is 3.26. The van der Waals surface area contributed by atoms with Gasteiger partial charge in [0.25, 0.3) is 0 Å². The number of primary amides is 1. The van der Waals surface area contributed by atoms with Gasteiger partial charge in [-0.05, 0) is 73.4 Å². The van der Waals surface area contributed by atoms with Crippen LogP contribution in [-0.2, 0) is 17.6 Å². The molecule has 2 N–H and O–H groups in total. The lowest BCUT2D eigenvalue weighted by atomic mass is 9.80. The van der Waals surface area contributed by atoms with Gasteiger partial charge in [-0.15, -0.1) is 10.2 Å². The molecule has 0 spiro atoms. The first-order chi connectivity index (χ1) is 18.6. The molecule has 194 valence electrons. The van der Waals surface area contributed by atoms with E-state index in [1.165, 1.54) is 0 Å². The fraction of sp³-hybridized carbons (Fsp3) is 0.333. The van der Waals surface area contributed by atoms with Crippen LogP contribution in [0.3, 0.4) is 0 Å². The van der Waals surface area contributed by atoms with Gasteiger partial charge in [-0.2, -0.15) is 0 Å². The van der Waals surface area contributed by atoms with Crippen LogP contribution >= 0.6 is 11.6 Å². The van der Waals surface area contributed by atoms with Gasteiger partial charge < -0.3 is 10.5 Å². The predicted molar refractivity (Wildman–Crippen MR) is 146 cm³/mol. The maximum atomic E-state index is 12.8. The molecular weight excluding hydrogens is 498 g/mol. The maximum Gasteiger partial charge on any atom is 0.225 e. The second-order valence-corrected chi connectivity index (χ2v) is 10.7. The highest BCUT2D eigenvalue weighted by atomic mass is 35.5. The lowest BCUT2D eigenvalue weighted by Crippen LogP contribution is -2.30. The van der Waals surface area contributed by atoms with E-state index in [0.717, 1.165) is 54.1 Å². The van der Waals surface area contributed by atoms with Gasteiger partial charge in [0.2, 0.25) is 11.8 Å². The van der Waals surface area contributed by atoms with Crippen LogP contribution in [0.1, 0.15) is 60.3 Å². The van der Waals surface area contributed by atoms with E-state index in [1.54, 1.807) is 6.20 Å². The highest BCUT2D eigenvalue weighted by molar-refractivity contribution is 6.30. The van der Waals surface area contributed by atoms with Crippen molar-refractivity contribution in [3.05, 3.63) is 101 Å². The number of carbonyl (C=O) groups is 1. The Morgan fingerprint density at radius 1 is 0.974 bits per heavy atom. The summed E-state index contributed by atoms with van der Waals surface area (Å²) in [5.41, 5.74) is 9.03. The molecule has 4 aromatic rings. The van der Waals surface area contributed by atoms with Gasteiger partial charge in [0.1, 0.15) is 17.8 Å². The van der Waals surface area contributed by atoms with Gasteiger partial charge in [-0.25, -0.2) is 4.98 Å². The van der Waals surface area contributed by atoms with Crippen LogP contribution in [-0.4, -0.2) is 31.8 Å². The number of nitrogens with zero attached hydrogens (tertiary/aromatic N) is 4. The van der Waals surface area contributed by atoms with Crippen molar-refractivity contribution in [3.8, 4) is 11.6 Å². The molecule has 38 heavy (non-hydrogen) atoms. The van der Waals surface area contributed by atoms with Crippen LogP contribution in [0.25, 0.3) is 5.69 Å². The number of fused-ring (bicyclic) bond motifs is 3. The third kappa shape index (κ3) is 4.90. The van der Waals surface area contributed by atoms with Gasteiger partial charge >= 0.3 is 0 Å². The van der Waals surface area contributed by atoms with Gasteiger partial charge in [-0.1, -0.05) is 48.0 Å². The van der Waals surface area contributed by atoms with E-state index in [2.05, 4.69) is 14.6 Å². The van der Waals surface area contributed by atoms with E-state index in [-0.39, 0.29) is 23.8 Å². The highest BCUT2D eigenvalue weighted by Gasteiger charge is 2.36. The number of nitrogens with two attached hydrogens (primary N) is 1. The molecule has 0 saturated heterocycles. The number of pyridine rings is 1. The van der Waals surface area contributed by atoms with Gasteiger partial charge in [0.15, 0.2) is 0 Å². The van der Waals surface area contributed by atoms with Crippen molar-refractivity contribution in [1.82, 2.24) is 19.7 Å². The van der Waals surface area contributed by atoms with Crippen molar-refractivity contribution in [2.75, 3.05) is 0 Å². The molecule has 0 bridgehead atoms. The molecule has 1 saturated carbocycles. The van der Waals surface area contributed by atoms with Crippen LogP contribution in [0.4, 0.5) is 0 Å². The zero-order valence-corrected chi connectivity index (χ0v) is 21.8. The average molecular weight is 528 g/mol. The zero-order chi connectivity index (χ0) is 26.1. The third-order valence-electron chi connectivity index (χ3n) is 7.87. The minimum absolute atomic E-state index is 0.0621. The Bertz CT molecular complexity index is 1420. The number of hydrogen-bond donors (Lipinski definition) is 1. The Kier molecular flexibility index (Phi) is 6.85. The number of benzene rings is 2. The lowest BCUT2D eigenvalue weighted by molar-refractivity contribution is -0.120. The van der Waals surface area contributed by atoms with Crippen LogP contribution in [0, 0.1) is 5.92 Å². The zero-order valence-electron chi connectivity index (χ0n) is 21.0. The second-order valence-electron chi connectivity index (χ2n) is 10.3. The summed E-state index contributed by atoms with van der Waals surface area (Å²) >= 11 is 6.46. The number of aromatic nitrogens is 4. The van der Waals surface area contributed by atoms with Crippen molar-refractivity contribution in [2.24, 2.45) is 11.7 Å². The SMILES string of the molecule is NC(=O)C(c1ccccc1)[C@@H]1Cc2cc(Cl)ccc2-n2c(nnc2C2CCC(Oc3ccccn3)CC2)C1. The number of amides is 1. The van der Waals surface area contributed by atoms with Gasteiger partial charge in [0, 0.05) is 29.6 Å². The quantitative estimate of drug-likeness (QED) is 0.362. The molecule has 0 radical (unpaired) electrons. The van der Waals surface area contributed by atoms with Gasteiger partial charge in [-0.3, -0.25) is 9.36 Å². The summed E-state index contributed by atoms with van der Waals surface area (Å²) in [6, 6.07) is 21.5. The summed E-state index contributed by atoms with van der Waals surface area (Å²) in [6.45, 7) is 0. The first-order valence-corrected chi connectivity index (χ1v) is 13.6. The van der Waals surface area contributed by atoms with Crippen LogP contribution < -0.4 is 10.5 Å². The molecule has 2 atom stereocenters. The first-order valence-electron chi connectivity index (χ1n) is 13.2. The van der Waals surface area contributed by atoms with Crippen molar-refractivity contribution in [1.29, 1.82) is 0 Å². The minimum Gasteiger partial charge on any atom is -0.474 e. The summed E-state index contributed by atoms with van der Waals surface area (Å²) in [7, 11) is 0. The Morgan fingerprint density at radius 2 is 1.76 bits per heavy atom. The van der Waals surface area contributed by atoms with E-state index in [4.69, 9.17) is 27.2 Å². The van der Waals surface area contributed by atoms with Crippen molar-refractivity contribution in [3.63, 3.8) is 0 Å². The monoisotopic (exact) mass is 527 g/mol. The van der Waals surface area contributed by atoms with E-state index in [1.807, 2.05) is 66.7 Å². The summed E-state index contributed by atoms with van der Waals surface area (Å²) in [4.78, 5) is 17.1. The van der Waals surface area contributed by atoms with E-state index >= 15 is 0 Å². The van der Waals surface area contributed by atoms with Crippen LogP contribution in [0.5, 0.6) is 5.88 Å². The van der Waals surface area contributed by atoms with E-state index in [0.29, 0.717) is 23.7 Å². The molecular formula is C30H30ClN5O2. The second kappa shape index (κ2) is 10.6. The smallest absolute Gasteiger partial charge is 0.225 e. The normalized spacial score (nSPS) is 21.6. The molecule has 1 unspecified atom stereocenters. The summed E-state index contributed by atoms with van der Waals surface area (Å²) in [6.07, 6.45) is 6.93. The molecule has 1 aliphatic carbocycles. The standard InChI is InChI=1S/C30H30ClN5O2/c31-23-11-14-25-21(17-23)16-22(28(29(32)37)19-6-2-1-3-7-19)18-26-34-35-30(36(25)26)20-9-12-24(13-10-20)38-27-8-4-5-15-33-27/h1-8,11,14-15,17,20,22,24,28H,9-10,12-13,16,18H2,(H2,32,37)/t20?,22-,24?,28?/m1/s1. The third-order valence-corrected chi connectivity index (χ3v) is 8.10. The molecule has 1 aliphatic heterocycles. The number of hydrogen-bond acceptors (Lipinski definition) is 5. The molecule has 7 nitrogen and oxygen atoms in total. The molecule has 1 fully saturated rings. The Hall–Kier alpha value is -3.71. The van der Waals surface area contributed by atoms with Crippen molar-refractivity contribution in [2.45, 2.75) is 56.5 Å². The Labute approximate surface area is 227 Å². The van der Waals surface area contributed by atoms with Gasteiger partial charge in [0.05, 0.1) is 11.6 Å². The molecule has 2 aliphatic rings. The maximum absolute atomic E-state index is 12.8. The predicted octanol–water partition coefficient (Wildman–Crippen LogP) is 5.40. The van der Waals surface area contributed by atoms with Crippen molar-refractivity contribution >= 4 is 17.5 Å². The van der Waals surface area contributed by atoms with Crippen LogP contribution in [0.15, 0.2) is 72.9 Å². The Balaban J connectivity index is 1.31. The van der Waals surface area contributed by atoms with E-state index in [9.17, 15) is 4.79 Å². The molecule has 6 rings (SSSR count). The number of carbonyl (C=O) groups excluding carboxylic acids is 1. The Morgan fingerprint density at radius 3 is 2.50 bits per heavy atom. The summed E-state index contributed by atoms with van der Waals surface area (Å²) in [5.74, 6) is 1.94. The largest absolute Gasteiger partial charge is 0.474 e. The molecule has 2 aromatic heterocycles. The molecule has 8 heteroatoms. The number of ether oxygens (including phenoxy) is 1. The number of halogens is 1. The fourth-order valence-electron chi connectivity index (χ4n) is 6.11. The lowest BCUT2D eigenvalue weighted by Gasteiger charge is -2.28. The minimum atomic E-state index is -0.436.